The van der Waals surface area contributed by atoms with E-state index in [1.54, 1.807) is 0 Å². The summed E-state index contributed by atoms with van der Waals surface area (Å²) in [7, 11) is 0. The molecule has 1 aromatic rings. The lowest BCUT2D eigenvalue weighted by Crippen LogP contribution is -2.32. The van der Waals surface area contributed by atoms with Crippen molar-refractivity contribution in [2.24, 2.45) is 5.92 Å². The Bertz CT molecular complexity index is 530. The van der Waals surface area contributed by atoms with E-state index in [0.717, 1.165) is 51.0 Å². The van der Waals surface area contributed by atoms with Gasteiger partial charge in [0.05, 0.1) is 12.0 Å². The number of hydrogen-bond donors (Lipinski definition) is 2. The van der Waals surface area contributed by atoms with E-state index in [0.29, 0.717) is 0 Å². The van der Waals surface area contributed by atoms with Gasteiger partial charge in [-0.25, -0.2) is 0 Å². The monoisotopic (exact) mass is 288 g/mol. The maximum absolute atomic E-state index is 12.3. The second-order valence-corrected chi connectivity index (χ2v) is 6.16. The fourth-order valence-electron chi connectivity index (χ4n) is 3.53. The van der Waals surface area contributed by atoms with Crippen molar-refractivity contribution in [1.82, 2.24) is 4.90 Å². The lowest BCUT2D eigenvalue weighted by molar-refractivity contribution is -0.122. The average Bonchev–Trinajstić information content (AvgIpc) is 2.93. The third kappa shape index (κ3) is 2.97. The number of amides is 1. The molecule has 4 heteroatoms. The van der Waals surface area contributed by atoms with Crippen molar-refractivity contribution < 1.29 is 9.90 Å². The molecule has 1 aliphatic carbocycles. The second-order valence-electron chi connectivity index (χ2n) is 6.16. The molecule has 114 valence electrons. The zero-order valence-corrected chi connectivity index (χ0v) is 12.6. The zero-order chi connectivity index (χ0) is 14.8. The summed E-state index contributed by atoms with van der Waals surface area (Å²) in [5, 5.41) is 12.9. The second kappa shape index (κ2) is 6.16. The van der Waals surface area contributed by atoms with Crippen molar-refractivity contribution in [1.29, 1.82) is 0 Å². The minimum absolute atomic E-state index is 0.0219. The molecule has 1 amide bonds. The maximum atomic E-state index is 12.3. The lowest BCUT2D eigenvalue weighted by Gasteiger charge is -2.29. The van der Waals surface area contributed by atoms with Crippen LogP contribution in [-0.2, 0) is 17.8 Å². The molecule has 1 aliphatic heterocycles. The van der Waals surface area contributed by atoms with E-state index >= 15 is 0 Å². The number of likely N-dealkylation sites (N-methyl/N-ethyl adjacent to an activating group) is 1. The summed E-state index contributed by atoms with van der Waals surface area (Å²) < 4.78 is 0. The van der Waals surface area contributed by atoms with Crippen LogP contribution < -0.4 is 5.32 Å². The Morgan fingerprint density at radius 3 is 3.00 bits per heavy atom. The van der Waals surface area contributed by atoms with Crippen LogP contribution in [0.1, 0.15) is 37.3 Å². The van der Waals surface area contributed by atoms with Crippen LogP contribution in [0.25, 0.3) is 0 Å². The zero-order valence-electron chi connectivity index (χ0n) is 12.6. The minimum Gasteiger partial charge on any atom is -0.392 e. The number of carbonyl (C=O) groups excluding carboxylic acids is 1. The highest BCUT2D eigenvalue weighted by atomic mass is 16.3. The molecule has 0 bridgehead atoms. The quantitative estimate of drug-likeness (QED) is 0.896. The highest BCUT2D eigenvalue weighted by molar-refractivity contribution is 5.94. The van der Waals surface area contributed by atoms with Gasteiger partial charge in [0.15, 0.2) is 0 Å². The fraction of sp³-hybridized carbons (Fsp3) is 0.588. The Labute approximate surface area is 126 Å². The van der Waals surface area contributed by atoms with Gasteiger partial charge in [-0.05, 0) is 49.4 Å². The number of rotatable bonds is 3. The Kier molecular flexibility index (Phi) is 4.27. The summed E-state index contributed by atoms with van der Waals surface area (Å²) >= 11 is 0. The van der Waals surface area contributed by atoms with E-state index in [1.807, 2.05) is 12.1 Å². The Morgan fingerprint density at radius 1 is 1.43 bits per heavy atom. The number of nitrogens with one attached hydrogen (secondary N) is 1. The summed E-state index contributed by atoms with van der Waals surface area (Å²) in [5.41, 5.74) is 3.52. The van der Waals surface area contributed by atoms with E-state index < -0.39 is 6.10 Å². The van der Waals surface area contributed by atoms with Gasteiger partial charge in [0.2, 0.25) is 5.91 Å². The highest BCUT2D eigenvalue weighted by Gasteiger charge is 2.32. The third-order valence-electron chi connectivity index (χ3n) is 4.87. The minimum atomic E-state index is -0.472. The maximum Gasteiger partial charge on any atom is 0.230 e. The van der Waals surface area contributed by atoms with Gasteiger partial charge in [-0.2, -0.15) is 0 Å². The van der Waals surface area contributed by atoms with Gasteiger partial charge in [-0.15, -0.1) is 0 Å². The van der Waals surface area contributed by atoms with Crippen LogP contribution in [0.15, 0.2) is 18.2 Å². The number of carbonyl (C=O) groups is 1. The third-order valence-corrected chi connectivity index (χ3v) is 4.87. The van der Waals surface area contributed by atoms with Gasteiger partial charge in [-0.3, -0.25) is 9.69 Å². The molecule has 3 rings (SSSR count). The first-order valence-electron chi connectivity index (χ1n) is 8.01. The van der Waals surface area contributed by atoms with Crippen molar-refractivity contribution in [2.75, 3.05) is 18.4 Å². The van der Waals surface area contributed by atoms with Gasteiger partial charge in [0, 0.05) is 18.8 Å². The number of aliphatic hydroxyl groups excluding tert-OH is 1. The van der Waals surface area contributed by atoms with Crippen LogP contribution in [-0.4, -0.2) is 35.1 Å². The molecule has 0 saturated heterocycles. The van der Waals surface area contributed by atoms with Crippen LogP contribution in [0.2, 0.25) is 0 Å². The molecule has 1 saturated carbocycles. The Morgan fingerprint density at radius 2 is 2.29 bits per heavy atom. The fourth-order valence-corrected chi connectivity index (χ4v) is 3.53. The van der Waals surface area contributed by atoms with E-state index in [1.165, 1.54) is 11.1 Å². The predicted molar refractivity (Wildman–Crippen MR) is 83.1 cm³/mol. The molecule has 0 radical (unpaired) electrons. The van der Waals surface area contributed by atoms with Crippen LogP contribution in [0.5, 0.6) is 0 Å². The first kappa shape index (κ1) is 14.5. The van der Waals surface area contributed by atoms with Crippen molar-refractivity contribution in [2.45, 2.75) is 45.3 Å². The summed E-state index contributed by atoms with van der Waals surface area (Å²) in [6, 6.07) is 6.15. The summed E-state index contributed by atoms with van der Waals surface area (Å²) in [4.78, 5) is 14.8. The Hall–Kier alpha value is -1.39. The van der Waals surface area contributed by atoms with Crippen molar-refractivity contribution in [3.05, 3.63) is 29.3 Å². The van der Waals surface area contributed by atoms with Crippen molar-refractivity contribution in [3.63, 3.8) is 0 Å². The molecule has 4 nitrogen and oxygen atoms in total. The normalized spacial score (nSPS) is 25.6. The lowest BCUT2D eigenvalue weighted by atomic mass is 9.97. The van der Waals surface area contributed by atoms with Crippen LogP contribution in [0, 0.1) is 5.92 Å². The summed E-state index contributed by atoms with van der Waals surface area (Å²) in [5.74, 6) is -0.261. The molecule has 2 aliphatic rings. The van der Waals surface area contributed by atoms with Gasteiger partial charge in [-0.1, -0.05) is 19.1 Å². The largest absolute Gasteiger partial charge is 0.392 e. The first-order valence-corrected chi connectivity index (χ1v) is 8.01. The molecule has 2 unspecified atom stereocenters. The number of nitrogens with zero attached hydrogens (tertiary/aromatic N) is 1. The molecular weight excluding hydrogens is 264 g/mol. The topological polar surface area (TPSA) is 52.6 Å². The van der Waals surface area contributed by atoms with Gasteiger partial charge < -0.3 is 10.4 Å². The smallest absolute Gasteiger partial charge is 0.230 e. The predicted octanol–water partition coefficient (Wildman–Crippen LogP) is 2.16. The molecule has 2 atom stereocenters. The van der Waals surface area contributed by atoms with Gasteiger partial charge >= 0.3 is 0 Å². The van der Waals surface area contributed by atoms with Gasteiger partial charge in [0.25, 0.3) is 0 Å². The van der Waals surface area contributed by atoms with Crippen LogP contribution in [0.3, 0.4) is 0 Å². The summed E-state index contributed by atoms with van der Waals surface area (Å²) in [6.45, 7) is 5.24. The SMILES string of the molecule is CCN1CCc2c(cccc2NC(=O)C2CCCC2O)C1. The molecule has 1 heterocycles. The number of fused-ring (bicyclic) bond motifs is 1. The average molecular weight is 288 g/mol. The van der Waals surface area contributed by atoms with Gasteiger partial charge in [0.1, 0.15) is 0 Å². The molecule has 2 N–H and O–H groups in total. The van der Waals surface area contributed by atoms with E-state index in [2.05, 4.69) is 23.2 Å². The summed E-state index contributed by atoms with van der Waals surface area (Å²) in [6.07, 6.45) is 2.99. The number of anilines is 1. The van der Waals surface area contributed by atoms with Crippen LogP contribution >= 0.6 is 0 Å². The molecule has 0 spiro atoms. The number of hydrogen-bond acceptors (Lipinski definition) is 3. The van der Waals surface area contributed by atoms with Crippen LogP contribution in [0.4, 0.5) is 5.69 Å². The van der Waals surface area contributed by atoms with E-state index in [4.69, 9.17) is 0 Å². The molecular formula is C17H24N2O2. The Balaban J connectivity index is 1.76. The molecule has 1 fully saturated rings. The van der Waals surface area contributed by atoms with E-state index in [-0.39, 0.29) is 11.8 Å². The number of aliphatic hydroxyl groups is 1. The van der Waals surface area contributed by atoms with Crippen molar-refractivity contribution in [3.8, 4) is 0 Å². The van der Waals surface area contributed by atoms with E-state index in [9.17, 15) is 9.90 Å². The highest BCUT2D eigenvalue weighted by Crippen LogP contribution is 2.30. The molecule has 21 heavy (non-hydrogen) atoms. The standard InChI is InChI=1S/C17H24N2O2/c1-2-19-10-9-13-12(11-19)5-3-7-15(13)18-17(21)14-6-4-8-16(14)20/h3,5,7,14,16,20H,2,4,6,8-11H2,1H3,(H,18,21). The first-order chi connectivity index (χ1) is 10.2. The van der Waals surface area contributed by atoms with Crippen molar-refractivity contribution >= 4 is 11.6 Å². The molecule has 1 aromatic carbocycles. The molecule has 0 aromatic heterocycles. The number of benzene rings is 1.